The molecule has 0 aromatic heterocycles. The zero-order valence-corrected chi connectivity index (χ0v) is 14.3. The van der Waals surface area contributed by atoms with E-state index >= 15 is 0 Å². The van der Waals surface area contributed by atoms with Crippen LogP contribution in [-0.4, -0.2) is 25.2 Å². The standard InChI is InChI=1S/C15H16BrN3O4/c1-3-22-12-7-13(23-4-2)11(16)6-9(12)5-10(8-17)14(20)19-15(18)21/h5-7H,3-4H2,1-2H3,(H3,18,19,20,21)/b10-5-. The van der Waals surface area contributed by atoms with Crippen molar-refractivity contribution in [3.05, 3.63) is 27.7 Å². The Bertz CT molecular complexity index is 680. The number of imide groups is 1. The van der Waals surface area contributed by atoms with E-state index in [4.69, 9.17) is 20.5 Å². The zero-order valence-electron chi connectivity index (χ0n) is 12.7. The molecule has 0 spiro atoms. The highest BCUT2D eigenvalue weighted by Gasteiger charge is 2.14. The number of nitrogens with one attached hydrogen (secondary N) is 1. The van der Waals surface area contributed by atoms with Crippen molar-refractivity contribution in [1.82, 2.24) is 5.32 Å². The lowest BCUT2D eigenvalue weighted by Crippen LogP contribution is -2.35. The number of halogens is 1. The number of hydrogen-bond donors (Lipinski definition) is 2. The monoisotopic (exact) mass is 381 g/mol. The molecule has 0 aliphatic carbocycles. The van der Waals surface area contributed by atoms with Crippen molar-refractivity contribution in [2.24, 2.45) is 5.73 Å². The Hall–Kier alpha value is -2.53. The van der Waals surface area contributed by atoms with Crippen LogP contribution in [0.2, 0.25) is 0 Å². The number of carbonyl (C=O) groups is 2. The molecule has 0 heterocycles. The fourth-order valence-corrected chi connectivity index (χ4v) is 2.17. The van der Waals surface area contributed by atoms with Gasteiger partial charge in [0.2, 0.25) is 0 Å². The van der Waals surface area contributed by atoms with Crippen molar-refractivity contribution >= 4 is 33.9 Å². The smallest absolute Gasteiger partial charge is 0.319 e. The maximum atomic E-state index is 11.7. The predicted molar refractivity (Wildman–Crippen MR) is 87.8 cm³/mol. The summed E-state index contributed by atoms with van der Waals surface area (Å²) in [5.41, 5.74) is 5.09. The van der Waals surface area contributed by atoms with Crippen LogP contribution in [0, 0.1) is 11.3 Å². The number of hydrogen-bond acceptors (Lipinski definition) is 5. The van der Waals surface area contributed by atoms with Crippen molar-refractivity contribution in [3.8, 4) is 17.6 Å². The van der Waals surface area contributed by atoms with Gasteiger partial charge in [-0.3, -0.25) is 10.1 Å². The fraction of sp³-hybridized carbons (Fsp3) is 0.267. The molecule has 0 bridgehead atoms. The summed E-state index contributed by atoms with van der Waals surface area (Å²) in [6, 6.07) is 4.00. The lowest BCUT2D eigenvalue weighted by Gasteiger charge is -2.12. The number of primary amides is 1. The Balaban J connectivity index is 3.31. The van der Waals surface area contributed by atoms with E-state index in [0.717, 1.165) is 0 Å². The van der Waals surface area contributed by atoms with Gasteiger partial charge in [-0.1, -0.05) is 0 Å². The van der Waals surface area contributed by atoms with Gasteiger partial charge in [-0.15, -0.1) is 0 Å². The maximum absolute atomic E-state index is 11.7. The quantitative estimate of drug-likeness (QED) is 0.579. The molecule has 0 aliphatic heterocycles. The molecule has 0 atom stereocenters. The number of amides is 3. The Morgan fingerprint density at radius 2 is 1.91 bits per heavy atom. The first-order chi connectivity index (χ1) is 10.9. The van der Waals surface area contributed by atoms with Crippen LogP contribution in [-0.2, 0) is 4.79 Å². The molecule has 7 nitrogen and oxygen atoms in total. The van der Waals surface area contributed by atoms with Crippen LogP contribution in [0.1, 0.15) is 19.4 Å². The molecule has 1 aromatic carbocycles. The summed E-state index contributed by atoms with van der Waals surface area (Å²) in [5, 5.41) is 10.9. The molecule has 3 N–H and O–H groups in total. The van der Waals surface area contributed by atoms with Crippen LogP contribution >= 0.6 is 15.9 Å². The van der Waals surface area contributed by atoms with Crippen molar-refractivity contribution in [1.29, 1.82) is 5.26 Å². The van der Waals surface area contributed by atoms with Crippen molar-refractivity contribution in [2.45, 2.75) is 13.8 Å². The van der Waals surface area contributed by atoms with E-state index in [1.54, 1.807) is 25.1 Å². The van der Waals surface area contributed by atoms with Crippen LogP contribution in [0.25, 0.3) is 6.08 Å². The topological polar surface area (TPSA) is 114 Å². The number of urea groups is 1. The molecule has 1 aromatic rings. The Morgan fingerprint density at radius 1 is 1.30 bits per heavy atom. The first kappa shape index (κ1) is 18.5. The average molecular weight is 382 g/mol. The third-order valence-electron chi connectivity index (χ3n) is 2.57. The molecule has 0 unspecified atom stereocenters. The maximum Gasteiger partial charge on any atom is 0.319 e. The van der Waals surface area contributed by atoms with Crippen LogP contribution in [0.15, 0.2) is 22.2 Å². The minimum absolute atomic E-state index is 0.277. The van der Waals surface area contributed by atoms with Crippen LogP contribution in [0.5, 0.6) is 11.5 Å². The molecule has 0 saturated heterocycles. The summed E-state index contributed by atoms with van der Waals surface area (Å²) in [6.07, 6.45) is 1.31. The van der Waals surface area contributed by atoms with Gasteiger partial charge in [-0.05, 0) is 41.9 Å². The average Bonchev–Trinajstić information content (AvgIpc) is 2.48. The number of carbonyl (C=O) groups excluding carboxylic acids is 2. The number of nitrogens with two attached hydrogens (primary N) is 1. The van der Waals surface area contributed by atoms with Gasteiger partial charge >= 0.3 is 6.03 Å². The van der Waals surface area contributed by atoms with Crippen molar-refractivity contribution in [3.63, 3.8) is 0 Å². The SMILES string of the molecule is CCOc1cc(OCC)c(/C=C(/C#N)C(=O)NC(N)=O)cc1Br. The lowest BCUT2D eigenvalue weighted by molar-refractivity contribution is -0.115. The summed E-state index contributed by atoms with van der Waals surface area (Å²) < 4.78 is 11.6. The first-order valence-corrected chi connectivity index (χ1v) is 7.53. The molecule has 8 heteroatoms. The fourth-order valence-electron chi connectivity index (χ4n) is 1.69. The van der Waals surface area contributed by atoms with E-state index in [1.165, 1.54) is 6.08 Å². The van der Waals surface area contributed by atoms with E-state index in [1.807, 2.05) is 12.2 Å². The lowest BCUT2D eigenvalue weighted by atomic mass is 10.1. The second-order valence-corrected chi connectivity index (χ2v) is 5.03. The third-order valence-corrected chi connectivity index (χ3v) is 3.19. The molecule has 0 saturated carbocycles. The molecule has 1 rings (SSSR count). The summed E-state index contributed by atoms with van der Waals surface area (Å²) in [7, 11) is 0. The molecule has 0 aliphatic rings. The highest BCUT2D eigenvalue weighted by Crippen LogP contribution is 2.34. The van der Waals surface area contributed by atoms with E-state index in [0.29, 0.717) is 34.7 Å². The molecular formula is C15H16BrN3O4. The highest BCUT2D eigenvalue weighted by molar-refractivity contribution is 9.10. The molecule has 0 radical (unpaired) electrons. The van der Waals surface area contributed by atoms with E-state index in [-0.39, 0.29) is 5.57 Å². The summed E-state index contributed by atoms with van der Waals surface area (Å²) >= 11 is 3.36. The van der Waals surface area contributed by atoms with E-state index in [9.17, 15) is 9.59 Å². The van der Waals surface area contributed by atoms with Gasteiger partial charge in [0, 0.05) is 11.6 Å². The second kappa shape index (κ2) is 8.80. The number of nitrogens with zero attached hydrogens (tertiary/aromatic N) is 1. The normalized spacial score (nSPS) is 10.6. The Morgan fingerprint density at radius 3 is 2.43 bits per heavy atom. The van der Waals surface area contributed by atoms with E-state index in [2.05, 4.69) is 15.9 Å². The number of nitriles is 1. The minimum Gasteiger partial charge on any atom is -0.493 e. The Kier molecular flexibility index (Phi) is 7.09. The van der Waals surface area contributed by atoms with Crippen LogP contribution < -0.4 is 20.5 Å². The first-order valence-electron chi connectivity index (χ1n) is 6.74. The summed E-state index contributed by atoms with van der Waals surface area (Å²) in [5.74, 6) is 0.138. The minimum atomic E-state index is -1.03. The van der Waals surface area contributed by atoms with Gasteiger partial charge < -0.3 is 15.2 Å². The van der Waals surface area contributed by atoms with Crippen LogP contribution in [0.3, 0.4) is 0 Å². The van der Waals surface area contributed by atoms with Gasteiger partial charge in [0.1, 0.15) is 23.1 Å². The Labute approximate surface area is 142 Å². The van der Waals surface area contributed by atoms with Gasteiger partial charge in [0.25, 0.3) is 5.91 Å². The molecule has 23 heavy (non-hydrogen) atoms. The largest absolute Gasteiger partial charge is 0.493 e. The van der Waals surface area contributed by atoms with Gasteiger partial charge in [-0.25, -0.2) is 4.79 Å². The number of rotatable bonds is 6. The molecule has 122 valence electrons. The second-order valence-electron chi connectivity index (χ2n) is 4.17. The van der Waals surface area contributed by atoms with Crippen molar-refractivity contribution < 1.29 is 19.1 Å². The third kappa shape index (κ3) is 5.30. The zero-order chi connectivity index (χ0) is 17.4. The summed E-state index contributed by atoms with van der Waals surface area (Å²) in [4.78, 5) is 22.5. The molecular weight excluding hydrogens is 366 g/mol. The van der Waals surface area contributed by atoms with Gasteiger partial charge in [0.05, 0.1) is 17.7 Å². The van der Waals surface area contributed by atoms with E-state index < -0.39 is 11.9 Å². The number of ether oxygens (including phenoxy) is 2. The summed E-state index contributed by atoms with van der Waals surface area (Å²) in [6.45, 7) is 4.52. The molecule has 3 amide bonds. The molecule has 0 fully saturated rings. The van der Waals surface area contributed by atoms with Gasteiger partial charge in [-0.2, -0.15) is 5.26 Å². The highest BCUT2D eigenvalue weighted by atomic mass is 79.9. The van der Waals surface area contributed by atoms with Crippen LogP contribution in [0.4, 0.5) is 4.79 Å². The van der Waals surface area contributed by atoms with Gasteiger partial charge in [0.15, 0.2) is 0 Å². The number of benzene rings is 1. The van der Waals surface area contributed by atoms with Crippen molar-refractivity contribution in [2.75, 3.05) is 13.2 Å². The predicted octanol–water partition coefficient (Wildman–Crippen LogP) is 2.35.